The van der Waals surface area contributed by atoms with Gasteiger partial charge in [-0.25, -0.2) is 0 Å². The highest BCUT2D eigenvalue weighted by molar-refractivity contribution is 9.10. The number of carboxylic acid groups (broad SMARTS) is 1. The molecule has 0 atom stereocenters. The van der Waals surface area contributed by atoms with Crippen molar-refractivity contribution >= 4 is 39.6 Å². The van der Waals surface area contributed by atoms with Crippen LogP contribution in [-0.4, -0.2) is 11.9 Å². The summed E-state index contributed by atoms with van der Waals surface area (Å²) in [5.41, 5.74) is 1.05. The average molecular weight is 370 g/mol. The average Bonchev–Trinajstić information content (AvgIpc) is 2.54. The first-order chi connectivity index (χ1) is 11.0. The molecule has 0 spiro atoms. The molecular weight excluding hydrogens is 360 g/mol. The Balaban J connectivity index is 2.15. The molecule has 5 nitrogen and oxygen atoms in total. The molecule has 0 saturated heterocycles. The number of carbonyl (C=O) groups is 2. The Morgan fingerprint density at radius 2 is 1.70 bits per heavy atom. The molecule has 0 aliphatic heterocycles. The number of aromatic carboxylic acids is 1. The number of benzene rings is 2. The number of carbonyl (C=O) groups excluding carboxylic acids is 2. The van der Waals surface area contributed by atoms with Gasteiger partial charge in [-0.3, -0.25) is 4.79 Å². The number of halogens is 1. The minimum atomic E-state index is -1.30. The number of rotatable bonds is 4. The molecule has 2 aromatic rings. The number of hydrogen-bond donors (Lipinski definition) is 1. The van der Waals surface area contributed by atoms with E-state index < -0.39 is 11.9 Å². The van der Waals surface area contributed by atoms with Gasteiger partial charge in [0.05, 0.1) is 5.97 Å². The second-order valence-corrected chi connectivity index (χ2v) is 5.46. The number of anilines is 1. The highest BCUT2D eigenvalue weighted by Crippen LogP contribution is 2.15. The van der Waals surface area contributed by atoms with Crippen molar-refractivity contribution in [1.82, 2.24) is 0 Å². The number of carboxylic acids is 1. The molecule has 0 fully saturated rings. The number of nitriles is 1. The molecule has 0 unspecified atom stereocenters. The zero-order valence-corrected chi connectivity index (χ0v) is 13.3. The van der Waals surface area contributed by atoms with Crippen LogP contribution in [0.3, 0.4) is 0 Å². The normalized spacial score (nSPS) is 10.7. The zero-order valence-electron chi connectivity index (χ0n) is 11.7. The van der Waals surface area contributed by atoms with Gasteiger partial charge in [-0.05, 0) is 41.5 Å². The number of amides is 1. The fourth-order valence-corrected chi connectivity index (χ4v) is 2.03. The molecule has 1 N–H and O–H groups in total. The Labute approximate surface area is 141 Å². The molecule has 0 aliphatic carbocycles. The van der Waals surface area contributed by atoms with Gasteiger partial charge in [-0.15, -0.1) is 0 Å². The van der Waals surface area contributed by atoms with Gasteiger partial charge in [0.25, 0.3) is 5.91 Å². The van der Waals surface area contributed by atoms with Gasteiger partial charge in [0.1, 0.15) is 11.6 Å². The minimum Gasteiger partial charge on any atom is -0.545 e. The molecule has 6 heteroatoms. The van der Waals surface area contributed by atoms with Gasteiger partial charge < -0.3 is 15.2 Å². The van der Waals surface area contributed by atoms with E-state index in [1.54, 1.807) is 24.3 Å². The second kappa shape index (κ2) is 7.38. The van der Waals surface area contributed by atoms with Crippen molar-refractivity contribution in [1.29, 1.82) is 5.26 Å². The van der Waals surface area contributed by atoms with E-state index in [1.807, 2.05) is 6.07 Å². The van der Waals surface area contributed by atoms with Crippen LogP contribution in [-0.2, 0) is 4.79 Å². The SMILES string of the molecule is N#C/C(=C\c1ccc(Br)cc1)C(=O)Nc1ccc(C(=O)[O-])cc1. The first-order valence-corrected chi connectivity index (χ1v) is 7.29. The smallest absolute Gasteiger partial charge is 0.266 e. The summed E-state index contributed by atoms with van der Waals surface area (Å²) < 4.78 is 0.894. The van der Waals surface area contributed by atoms with E-state index in [9.17, 15) is 14.7 Å². The van der Waals surface area contributed by atoms with E-state index in [0.717, 1.165) is 4.47 Å². The van der Waals surface area contributed by atoms with E-state index in [-0.39, 0.29) is 11.1 Å². The van der Waals surface area contributed by atoms with E-state index >= 15 is 0 Å². The summed E-state index contributed by atoms with van der Waals surface area (Å²) in [6.07, 6.45) is 1.47. The Kier molecular flexibility index (Phi) is 5.28. The van der Waals surface area contributed by atoms with Gasteiger partial charge >= 0.3 is 0 Å². The summed E-state index contributed by atoms with van der Waals surface area (Å²) in [6, 6.07) is 14.5. The number of hydrogen-bond acceptors (Lipinski definition) is 4. The van der Waals surface area contributed by atoms with Crippen molar-refractivity contribution in [2.45, 2.75) is 0 Å². The lowest BCUT2D eigenvalue weighted by molar-refractivity contribution is -0.255. The van der Waals surface area contributed by atoms with E-state index in [0.29, 0.717) is 11.3 Å². The summed E-state index contributed by atoms with van der Waals surface area (Å²) in [5.74, 6) is -1.87. The minimum absolute atomic E-state index is 0.00825. The molecule has 2 aromatic carbocycles. The van der Waals surface area contributed by atoms with E-state index in [2.05, 4.69) is 21.2 Å². The molecule has 0 radical (unpaired) electrons. The first kappa shape index (κ1) is 16.5. The number of nitrogens with one attached hydrogen (secondary N) is 1. The molecule has 0 aliphatic rings. The molecule has 0 aromatic heterocycles. The molecule has 0 heterocycles. The van der Waals surface area contributed by atoms with Gasteiger partial charge in [-0.2, -0.15) is 5.26 Å². The quantitative estimate of drug-likeness (QED) is 0.661. The van der Waals surface area contributed by atoms with Crippen LogP contribution < -0.4 is 10.4 Å². The molecule has 0 saturated carbocycles. The van der Waals surface area contributed by atoms with Crippen molar-refractivity contribution in [3.8, 4) is 6.07 Å². The van der Waals surface area contributed by atoms with Gasteiger partial charge in [-0.1, -0.05) is 40.2 Å². The van der Waals surface area contributed by atoms with Crippen molar-refractivity contribution in [2.75, 3.05) is 5.32 Å². The molecule has 23 heavy (non-hydrogen) atoms. The summed E-state index contributed by atoms with van der Waals surface area (Å²) in [7, 11) is 0. The Bertz CT molecular complexity index is 803. The largest absolute Gasteiger partial charge is 0.545 e. The molecular formula is C17H10BrN2O3-. The highest BCUT2D eigenvalue weighted by Gasteiger charge is 2.09. The lowest BCUT2D eigenvalue weighted by atomic mass is 10.1. The third kappa shape index (κ3) is 4.53. The van der Waals surface area contributed by atoms with Crippen LogP contribution in [0.4, 0.5) is 5.69 Å². The number of nitrogens with zero attached hydrogens (tertiary/aromatic N) is 1. The van der Waals surface area contributed by atoms with Gasteiger partial charge in [0.15, 0.2) is 0 Å². The van der Waals surface area contributed by atoms with Crippen LogP contribution in [0.15, 0.2) is 58.6 Å². The van der Waals surface area contributed by atoms with Crippen LogP contribution in [0.25, 0.3) is 6.08 Å². The first-order valence-electron chi connectivity index (χ1n) is 6.50. The van der Waals surface area contributed by atoms with Crippen LogP contribution in [0, 0.1) is 11.3 Å². The van der Waals surface area contributed by atoms with Gasteiger partial charge in [0.2, 0.25) is 0 Å². The predicted octanol–water partition coefficient (Wildman–Crippen LogP) is 2.36. The standard InChI is InChI=1S/C17H11BrN2O3/c18-14-5-1-11(2-6-14)9-13(10-19)16(21)20-15-7-3-12(4-8-15)17(22)23/h1-9H,(H,20,21)(H,22,23)/p-1/b13-9+. The van der Waals surface area contributed by atoms with Crippen molar-refractivity contribution < 1.29 is 14.7 Å². The maximum atomic E-state index is 12.1. The summed E-state index contributed by atoms with van der Waals surface area (Å²) in [4.78, 5) is 22.8. The third-order valence-electron chi connectivity index (χ3n) is 2.92. The van der Waals surface area contributed by atoms with Crippen molar-refractivity contribution in [3.63, 3.8) is 0 Å². The monoisotopic (exact) mass is 369 g/mol. The van der Waals surface area contributed by atoms with Gasteiger partial charge in [0, 0.05) is 10.2 Å². The Morgan fingerprint density at radius 1 is 1.09 bits per heavy atom. The summed E-state index contributed by atoms with van der Waals surface area (Å²) >= 11 is 3.31. The Hall–Kier alpha value is -2.91. The third-order valence-corrected chi connectivity index (χ3v) is 3.45. The summed E-state index contributed by atoms with van der Waals surface area (Å²) in [5, 5.41) is 22.3. The van der Waals surface area contributed by atoms with Crippen LogP contribution in [0.5, 0.6) is 0 Å². The Morgan fingerprint density at radius 3 is 2.22 bits per heavy atom. The second-order valence-electron chi connectivity index (χ2n) is 4.54. The highest BCUT2D eigenvalue weighted by atomic mass is 79.9. The molecule has 2 rings (SSSR count). The van der Waals surface area contributed by atoms with Crippen LogP contribution >= 0.6 is 15.9 Å². The lowest BCUT2D eigenvalue weighted by Crippen LogP contribution is -2.22. The maximum absolute atomic E-state index is 12.1. The summed E-state index contributed by atoms with van der Waals surface area (Å²) in [6.45, 7) is 0. The van der Waals surface area contributed by atoms with Crippen molar-refractivity contribution in [2.24, 2.45) is 0 Å². The molecule has 0 bridgehead atoms. The fraction of sp³-hybridized carbons (Fsp3) is 0. The van der Waals surface area contributed by atoms with E-state index in [4.69, 9.17) is 5.26 Å². The van der Waals surface area contributed by atoms with Crippen LogP contribution in [0.1, 0.15) is 15.9 Å². The maximum Gasteiger partial charge on any atom is 0.266 e. The lowest BCUT2D eigenvalue weighted by Gasteiger charge is -2.06. The fourth-order valence-electron chi connectivity index (χ4n) is 1.76. The molecule has 1 amide bonds. The van der Waals surface area contributed by atoms with Crippen molar-refractivity contribution in [3.05, 3.63) is 69.7 Å². The predicted molar refractivity (Wildman–Crippen MR) is 87.1 cm³/mol. The zero-order chi connectivity index (χ0) is 16.8. The molecule has 114 valence electrons. The van der Waals surface area contributed by atoms with Crippen LogP contribution in [0.2, 0.25) is 0 Å². The van der Waals surface area contributed by atoms with E-state index in [1.165, 1.54) is 30.3 Å². The topological polar surface area (TPSA) is 93.0 Å².